The number of rotatable bonds is 12. The normalized spacial score (nSPS) is 11.4. The van der Waals surface area contributed by atoms with E-state index in [1.165, 1.54) is 12.1 Å². The van der Waals surface area contributed by atoms with E-state index in [0.717, 1.165) is 25.7 Å². The lowest BCUT2D eigenvalue weighted by Crippen LogP contribution is -2.33. The Kier molecular flexibility index (Phi) is 9.87. The third-order valence-corrected chi connectivity index (χ3v) is 6.94. The van der Waals surface area contributed by atoms with Gasteiger partial charge >= 0.3 is 0 Å². The van der Waals surface area contributed by atoms with E-state index in [9.17, 15) is 18.0 Å². The van der Waals surface area contributed by atoms with Gasteiger partial charge in [-0.25, -0.2) is 8.42 Å². The molecule has 0 heterocycles. The number of hydrogen-bond acceptors (Lipinski definition) is 4. The van der Waals surface area contributed by atoms with Gasteiger partial charge in [0.25, 0.3) is 5.91 Å². The minimum Gasteiger partial charge on any atom is -0.326 e. The molecule has 7 nitrogen and oxygen atoms in total. The molecule has 0 aliphatic carbocycles. The molecule has 32 heavy (non-hydrogen) atoms. The Labute approximate surface area is 191 Å². The van der Waals surface area contributed by atoms with Gasteiger partial charge in [-0.1, -0.05) is 33.6 Å². The standard InChI is InChI=1S/C24H33N3O4S/c1-4-7-17-27(18-8-5-2)32(30,31)22-15-13-21(14-16-22)26-24(29)19-9-11-20(12-10-19)25-23(28)6-3/h9-16H,4-8,17-18H2,1-3H3,(H,25,28)(H,26,29). The molecule has 0 unspecified atom stereocenters. The summed E-state index contributed by atoms with van der Waals surface area (Å²) in [7, 11) is -3.57. The molecule has 0 atom stereocenters. The van der Waals surface area contributed by atoms with E-state index in [-0.39, 0.29) is 16.7 Å². The highest BCUT2D eigenvalue weighted by Gasteiger charge is 2.23. The summed E-state index contributed by atoms with van der Waals surface area (Å²) in [4.78, 5) is 24.2. The number of amides is 2. The Balaban J connectivity index is 2.07. The number of carbonyl (C=O) groups excluding carboxylic acids is 2. The molecule has 0 bridgehead atoms. The Morgan fingerprint density at radius 1 is 0.781 bits per heavy atom. The third-order valence-electron chi connectivity index (χ3n) is 5.02. The van der Waals surface area contributed by atoms with Crippen LogP contribution in [0, 0.1) is 0 Å². The van der Waals surface area contributed by atoms with Gasteiger partial charge in [-0.3, -0.25) is 9.59 Å². The van der Waals surface area contributed by atoms with E-state index in [1.54, 1.807) is 47.6 Å². The summed E-state index contributed by atoms with van der Waals surface area (Å²) in [6.45, 7) is 6.85. The van der Waals surface area contributed by atoms with E-state index in [4.69, 9.17) is 0 Å². The van der Waals surface area contributed by atoms with Gasteiger partial charge in [-0.05, 0) is 61.4 Å². The van der Waals surface area contributed by atoms with Crippen LogP contribution < -0.4 is 10.6 Å². The molecular formula is C24H33N3O4S. The van der Waals surface area contributed by atoms with E-state index in [0.29, 0.717) is 36.4 Å². The Morgan fingerprint density at radius 2 is 1.28 bits per heavy atom. The fourth-order valence-electron chi connectivity index (χ4n) is 3.04. The molecule has 0 saturated carbocycles. The Hall–Kier alpha value is -2.71. The van der Waals surface area contributed by atoms with Crippen molar-refractivity contribution in [3.63, 3.8) is 0 Å². The Morgan fingerprint density at radius 3 is 1.78 bits per heavy atom. The molecule has 2 aromatic carbocycles. The van der Waals surface area contributed by atoms with Gasteiger partial charge in [0.1, 0.15) is 0 Å². The van der Waals surface area contributed by atoms with Crippen molar-refractivity contribution in [2.75, 3.05) is 23.7 Å². The number of carbonyl (C=O) groups is 2. The first-order valence-electron chi connectivity index (χ1n) is 11.1. The van der Waals surface area contributed by atoms with Crippen molar-refractivity contribution in [3.8, 4) is 0 Å². The highest BCUT2D eigenvalue weighted by molar-refractivity contribution is 7.89. The maximum atomic E-state index is 13.0. The minimum absolute atomic E-state index is 0.0970. The average Bonchev–Trinajstić information content (AvgIpc) is 2.79. The van der Waals surface area contributed by atoms with Crippen LogP contribution >= 0.6 is 0 Å². The number of unbranched alkanes of at least 4 members (excludes halogenated alkanes) is 2. The second kappa shape index (κ2) is 12.4. The summed E-state index contributed by atoms with van der Waals surface area (Å²) in [6.07, 6.45) is 3.86. The van der Waals surface area contributed by atoms with E-state index < -0.39 is 10.0 Å². The van der Waals surface area contributed by atoms with E-state index >= 15 is 0 Å². The fraction of sp³-hybridized carbons (Fsp3) is 0.417. The molecular weight excluding hydrogens is 426 g/mol. The zero-order valence-electron chi connectivity index (χ0n) is 19.1. The minimum atomic E-state index is -3.57. The second-order valence-electron chi connectivity index (χ2n) is 7.57. The van der Waals surface area contributed by atoms with Crippen LogP contribution in [-0.2, 0) is 14.8 Å². The topological polar surface area (TPSA) is 95.6 Å². The van der Waals surface area contributed by atoms with Crippen molar-refractivity contribution in [1.29, 1.82) is 0 Å². The summed E-state index contributed by atoms with van der Waals surface area (Å²) in [6, 6.07) is 12.8. The van der Waals surface area contributed by atoms with Gasteiger partial charge in [0, 0.05) is 36.4 Å². The van der Waals surface area contributed by atoms with Gasteiger partial charge in [0.2, 0.25) is 15.9 Å². The fourth-order valence-corrected chi connectivity index (χ4v) is 4.56. The molecule has 0 radical (unpaired) electrons. The smallest absolute Gasteiger partial charge is 0.255 e. The summed E-state index contributed by atoms with van der Waals surface area (Å²) in [5.74, 6) is -0.415. The van der Waals surface area contributed by atoms with Crippen molar-refractivity contribution in [1.82, 2.24) is 4.31 Å². The van der Waals surface area contributed by atoms with Crippen molar-refractivity contribution in [3.05, 3.63) is 54.1 Å². The maximum absolute atomic E-state index is 13.0. The molecule has 0 spiro atoms. The summed E-state index contributed by atoms with van der Waals surface area (Å²) in [5, 5.41) is 5.50. The molecule has 0 fully saturated rings. The lowest BCUT2D eigenvalue weighted by Gasteiger charge is -2.22. The van der Waals surface area contributed by atoms with Crippen molar-refractivity contribution in [2.45, 2.75) is 57.8 Å². The predicted molar refractivity (Wildman–Crippen MR) is 128 cm³/mol. The third kappa shape index (κ3) is 7.17. The van der Waals surface area contributed by atoms with Crippen LogP contribution in [0.25, 0.3) is 0 Å². The molecule has 0 aromatic heterocycles. The average molecular weight is 460 g/mol. The first kappa shape index (κ1) is 25.5. The van der Waals surface area contributed by atoms with Crippen molar-refractivity contribution < 1.29 is 18.0 Å². The largest absolute Gasteiger partial charge is 0.326 e. The van der Waals surface area contributed by atoms with Crippen LogP contribution in [0.15, 0.2) is 53.4 Å². The number of nitrogens with zero attached hydrogens (tertiary/aromatic N) is 1. The van der Waals surface area contributed by atoms with Crippen molar-refractivity contribution in [2.24, 2.45) is 0 Å². The molecule has 0 aliphatic rings. The lowest BCUT2D eigenvalue weighted by molar-refractivity contribution is -0.115. The molecule has 8 heteroatoms. The monoisotopic (exact) mass is 459 g/mol. The number of anilines is 2. The molecule has 0 aliphatic heterocycles. The van der Waals surface area contributed by atoms with Crippen LogP contribution in [0.4, 0.5) is 11.4 Å². The number of sulfonamides is 1. The van der Waals surface area contributed by atoms with Crippen LogP contribution in [-0.4, -0.2) is 37.6 Å². The quantitative estimate of drug-likeness (QED) is 0.473. The zero-order chi connectivity index (χ0) is 23.6. The molecule has 174 valence electrons. The summed E-state index contributed by atoms with van der Waals surface area (Å²) in [5.41, 5.74) is 1.56. The molecule has 2 N–H and O–H groups in total. The van der Waals surface area contributed by atoms with Gasteiger partial charge in [-0.2, -0.15) is 4.31 Å². The molecule has 2 rings (SSSR count). The van der Waals surface area contributed by atoms with Gasteiger partial charge < -0.3 is 10.6 Å². The molecule has 2 aromatic rings. The SMILES string of the molecule is CCCCN(CCCC)S(=O)(=O)c1ccc(NC(=O)c2ccc(NC(=O)CC)cc2)cc1. The predicted octanol–water partition coefficient (Wildman–Crippen LogP) is 4.88. The van der Waals surface area contributed by atoms with E-state index in [2.05, 4.69) is 10.6 Å². The highest BCUT2D eigenvalue weighted by atomic mass is 32.2. The van der Waals surface area contributed by atoms with Gasteiger partial charge in [-0.15, -0.1) is 0 Å². The van der Waals surface area contributed by atoms with Crippen LogP contribution in [0.3, 0.4) is 0 Å². The lowest BCUT2D eigenvalue weighted by atomic mass is 10.2. The van der Waals surface area contributed by atoms with Crippen LogP contribution in [0.5, 0.6) is 0 Å². The van der Waals surface area contributed by atoms with Gasteiger partial charge in [0.15, 0.2) is 0 Å². The second-order valence-corrected chi connectivity index (χ2v) is 9.51. The first-order chi connectivity index (χ1) is 15.3. The van der Waals surface area contributed by atoms with Crippen molar-refractivity contribution >= 4 is 33.2 Å². The number of benzene rings is 2. The van der Waals surface area contributed by atoms with Crippen LogP contribution in [0.2, 0.25) is 0 Å². The zero-order valence-corrected chi connectivity index (χ0v) is 19.9. The molecule has 0 saturated heterocycles. The van der Waals surface area contributed by atoms with Crippen LogP contribution in [0.1, 0.15) is 63.2 Å². The number of nitrogens with one attached hydrogen (secondary N) is 2. The van der Waals surface area contributed by atoms with E-state index in [1.807, 2.05) is 13.8 Å². The van der Waals surface area contributed by atoms with Gasteiger partial charge in [0.05, 0.1) is 4.90 Å². The molecule has 2 amide bonds. The highest BCUT2D eigenvalue weighted by Crippen LogP contribution is 2.20. The first-order valence-corrected chi connectivity index (χ1v) is 12.6. The number of hydrogen-bond donors (Lipinski definition) is 2. The summed E-state index contributed by atoms with van der Waals surface area (Å²) >= 11 is 0. The maximum Gasteiger partial charge on any atom is 0.255 e. The Bertz CT molecular complexity index is 979. The summed E-state index contributed by atoms with van der Waals surface area (Å²) < 4.78 is 27.6.